The van der Waals surface area contributed by atoms with Gasteiger partial charge in [-0.05, 0) is 60.7 Å². The number of hydrogen-bond acceptors (Lipinski definition) is 2. The van der Waals surface area contributed by atoms with Gasteiger partial charge in [0.25, 0.3) is 0 Å². The SMILES string of the molecule is COc1cccc2c1CC(Nc1ccc(Cl)cc1)CC2.Cl. The fraction of sp³-hybridized carbons (Fsp3) is 0.294. The molecule has 2 aromatic rings. The van der Waals surface area contributed by atoms with Crippen molar-refractivity contribution in [1.29, 1.82) is 0 Å². The summed E-state index contributed by atoms with van der Waals surface area (Å²) in [5, 5.41) is 4.36. The Morgan fingerprint density at radius 3 is 2.62 bits per heavy atom. The van der Waals surface area contributed by atoms with E-state index in [-0.39, 0.29) is 12.4 Å². The minimum absolute atomic E-state index is 0. The Labute approximate surface area is 136 Å². The van der Waals surface area contributed by atoms with Crippen LogP contribution in [0.3, 0.4) is 0 Å². The number of methoxy groups -OCH3 is 1. The third-order valence-corrected chi connectivity index (χ3v) is 4.13. The summed E-state index contributed by atoms with van der Waals surface area (Å²) in [4.78, 5) is 0. The first kappa shape index (κ1) is 16.0. The van der Waals surface area contributed by atoms with Gasteiger partial charge in [0.2, 0.25) is 0 Å². The number of ether oxygens (including phenoxy) is 1. The number of anilines is 1. The fourth-order valence-corrected chi connectivity index (χ4v) is 2.98. The number of benzene rings is 2. The van der Waals surface area contributed by atoms with Gasteiger partial charge in [-0.3, -0.25) is 0 Å². The summed E-state index contributed by atoms with van der Waals surface area (Å²) < 4.78 is 5.48. The molecule has 0 aliphatic heterocycles. The maximum absolute atomic E-state index is 5.92. The van der Waals surface area contributed by atoms with E-state index in [9.17, 15) is 0 Å². The Kier molecular flexibility index (Phi) is 5.38. The summed E-state index contributed by atoms with van der Waals surface area (Å²) in [5.41, 5.74) is 3.88. The molecule has 2 aromatic carbocycles. The van der Waals surface area contributed by atoms with Crippen LogP contribution < -0.4 is 10.1 Å². The number of aryl methyl sites for hydroxylation is 1. The Balaban J connectivity index is 0.00000161. The van der Waals surface area contributed by atoms with Crippen molar-refractivity contribution in [2.75, 3.05) is 12.4 Å². The van der Waals surface area contributed by atoms with Crippen LogP contribution in [-0.4, -0.2) is 13.2 Å². The fourth-order valence-electron chi connectivity index (χ4n) is 2.85. The monoisotopic (exact) mass is 323 g/mol. The molecule has 112 valence electrons. The molecule has 1 aliphatic rings. The van der Waals surface area contributed by atoms with Crippen molar-refractivity contribution in [3.63, 3.8) is 0 Å². The molecule has 0 bridgehead atoms. The Bertz CT molecular complexity index is 584. The molecule has 0 aromatic heterocycles. The lowest BCUT2D eigenvalue weighted by atomic mass is 9.87. The molecule has 1 N–H and O–H groups in total. The van der Waals surface area contributed by atoms with E-state index in [0.29, 0.717) is 6.04 Å². The molecule has 0 radical (unpaired) electrons. The lowest BCUT2D eigenvalue weighted by Gasteiger charge is -2.27. The summed E-state index contributed by atoms with van der Waals surface area (Å²) in [6.07, 6.45) is 3.24. The van der Waals surface area contributed by atoms with E-state index in [0.717, 1.165) is 35.7 Å². The topological polar surface area (TPSA) is 21.3 Å². The van der Waals surface area contributed by atoms with E-state index in [4.69, 9.17) is 16.3 Å². The third kappa shape index (κ3) is 3.63. The lowest BCUT2D eigenvalue weighted by Crippen LogP contribution is -2.27. The second-order valence-corrected chi connectivity index (χ2v) is 5.63. The first-order valence-corrected chi connectivity index (χ1v) is 7.31. The summed E-state index contributed by atoms with van der Waals surface area (Å²) in [7, 11) is 1.74. The molecule has 1 aliphatic carbocycles. The van der Waals surface area contributed by atoms with Gasteiger partial charge in [-0.25, -0.2) is 0 Å². The smallest absolute Gasteiger partial charge is 0.122 e. The van der Waals surface area contributed by atoms with Crippen LogP contribution >= 0.6 is 24.0 Å². The quantitative estimate of drug-likeness (QED) is 0.880. The molecule has 1 unspecified atom stereocenters. The number of fused-ring (bicyclic) bond motifs is 1. The zero-order valence-corrected chi connectivity index (χ0v) is 13.5. The molecule has 21 heavy (non-hydrogen) atoms. The molecule has 3 rings (SSSR count). The number of nitrogens with one attached hydrogen (secondary N) is 1. The molecule has 0 amide bonds. The maximum atomic E-state index is 5.92. The van der Waals surface area contributed by atoms with Crippen molar-refractivity contribution in [2.45, 2.75) is 25.3 Å². The zero-order valence-electron chi connectivity index (χ0n) is 11.9. The molecule has 0 fully saturated rings. The lowest BCUT2D eigenvalue weighted by molar-refractivity contribution is 0.404. The molecule has 0 saturated heterocycles. The van der Waals surface area contributed by atoms with Gasteiger partial charge in [0.05, 0.1) is 7.11 Å². The molecular weight excluding hydrogens is 305 g/mol. The van der Waals surface area contributed by atoms with Gasteiger partial charge in [0.15, 0.2) is 0 Å². The van der Waals surface area contributed by atoms with Gasteiger partial charge in [-0.2, -0.15) is 0 Å². The van der Waals surface area contributed by atoms with Gasteiger partial charge >= 0.3 is 0 Å². The van der Waals surface area contributed by atoms with Crippen LogP contribution in [0.1, 0.15) is 17.5 Å². The van der Waals surface area contributed by atoms with Gasteiger partial charge in [0, 0.05) is 16.8 Å². The van der Waals surface area contributed by atoms with E-state index >= 15 is 0 Å². The summed E-state index contributed by atoms with van der Waals surface area (Å²) in [6, 6.07) is 14.7. The number of rotatable bonds is 3. The van der Waals surface area contributed by atoms with Gasteiger partial charge in [0.1, 0.15) is 5.75 Å². The van der Waals surface area contributed by atoms with E-state index in [1.54, 1.807) is 7.11 Å². The summed E-state index contributed by atoms with van der Waals surface area (Å²) >= 11 is 5.92. The predicted octanol–water partition coefficient (Wildman–Crippen LogP) is 4.74. The average molecular weight is 324 g/mol. The average Bonchev–Trinajstić information content (AvgIpc) is 2.49. The molecule has 0 saturated carbocycles. The van der Waals surface area contributed by atoms with Crippen LogP contribution in [-0.2, 0) is 12.8 Å². The van der Waals surface area contributed by atoms with E-state index in [1.165, 1.54) is 11.1 Å². The highest BCUT2D eigenvalue weighted by molar-refractivity contribution is 6.30. The van der Waals surface area contributed by atoms with Crippen molar-refractivity contribution in [2.24, 2.45) is 0 Å². The van der Waals surface area contributed by atoms with Crippen molar-refractivity contribution < 1.29 is 4.74 Å². The highest BCUT2D eigenvalue weighted by atomic mass is 35.5. The summed E-state index contributed by atoms with van der Waals surface area (Å²) in [5.74, 6) is 1.00. The van der Waals surface area contributed by atoms with E-state index < -0.39 is 0 Å². The van der Waals surface area contributed by atoms with Crippen molar-refractivity contribution in [3.8, 4) is 5.75 Å². The van der Waals surface area contributed by atoms with Gasteiger partial charge in [-0.1, -0.05) is 23.7 Å². The minimum Gasteiger partial charge on any atom is -0.496 e. The first-order valence-electron chi connectivity index (χ1n) is 6.93. The molecule has 1 atom stereocenters. The van der Waals surface area contributed by atoms with E-state index in [1.807, 2.05) is 30.3 Å². The zero-order chi connectivity index (χ0) is 13.9. The highest BCUT2D eigenvalue weighted by Gasteiger charge is 2.21. The van der Waals surface area contributed by atoms with Crippen LogP contribution in [0.5, 0.6) is 5.75 Å². The normalized spacial score (nSPS) is 16.6. The molecule has 2 nitrogen and oxygen atoms in total. The Hall–Kier alpha value is -1.38. The number of hydrogen-bond donors (Lipinski definition) is 1. The van der Waals surface area contributed by atoms with Crippen LogP contribution in [0.4, 0.5) is 5.69 Å². The Morgan fingerprint density at radius 2 is 1.90 bits per heavy atom. The van der Waals surface area contributed by atoms with Crippen molar-refractivity contribution in [1.82, 2.24) is 0 Å². The predicted molar refractivity (Wildman–Crippen MR) is 91.1 cm³/mol. The maximum Gasteiger partial charge on any atom is 0.122 e. The molecule has 4 heteroatoms. The summed E-state index contributed by atoms with van der Waals surface area (Å²) in [6.45, 7) is 0. The third-order valence-electron chi connectivity index (χ3n) is 3.88. The van der Waals surface area contributed by atoms with Crippen molar-refractivity contribution in [3.05, 3.63) is 58.6 Å². The van der Waals surface area contributed by atoms with Gasteiger partial charge in [-0.15, -0.1) is 12.4 Å². The first-order chi connectivity index (χ1) is 9.76. The standard InChI is InChI=1S/C17H18ClNO.ClH/c1-20-17-4-2-3-12-5-8-15(11-16(12)17)19-14-9-6-13(18)7-10-14;/h2-4,6-7,9-10,15,19H,5,8,11H2,1H3;1H. The second-order valence-electron chi connectivity index (χ2n) is 5.19. The van der Waals surface area contributed by atoms with Crippen LogP contribution in [0.2, 0.25) is 5.02 Å². The van der Waals surface area contributed by atoms with E-state index in [2.05, 4.69) is 17.4 Å². The van der Waals surface area contributed by atoms with Crippen molar-refractivity contribution >= 4 is 29.7 Å². The largest absolute Gasteiger partial charge is 0.496 e. The van der Waals surface area contributed by atoms with Crippen LogP contribution in [0, 0.1) is 0 Å². The molecule has 0 heterocycles. The van der Waals surface area contributed by atoms with Crippen LogP contribution in [0.25, 0.3) is 0 Å². The molecular formula is C17H19Cl2NO. The molecule has 0 spiro atoms. The minimum atomic E-state index is 0. The van der Waals surface area contributed by atoms with Gasteiger partial charge < -0.3 is 10.1 Å². The van der Waals surface area contributed by atoms with Crippen LogP contribution in [0.15, 0.2) is 42.5 Å². The number of halogens is 2. The Morgan fingerprint density at radius 1 is 1.14 bits per heavy atom. The highest BCUT2D eigenvalue weighted by Crippen LogP contribution is 2.30. The second kappa shape index (κ2) is 7.06.